The number of hydrogen-bond acceptors (Lipinski definition) is 3. The fraction of sp³-hybridized carbons (Fsp3) is 0.571. The van der Waals surface area contributed by atoms with E-state index >= 15 is 0 Å². The highest BCUT2D eigenvalue weighted by molar-refractivity contribution is 9.10. The first-order valence-corrected chi connectivity index (χ1v) is 7.82. The zero-order valence-corrected chi connectivity index (χ0v) is 13.9. The molecule has 1 aromatic rings. The summed E-state index contributed by atoms with van der Waals surface area (Å²) in [7, 11) is 1.54. The molecule has 1 fully saturated rings. The number of ether oxygens (including phenoxy) is 1. The summed E-state index contributed by atoms with van der Waals surface area (Å²) in [6.07, 6.45) is -0.659. The molecule has 1 aliphatic rings. The second-order valence-corrected chi connectivity index (χ2v) is 8.00. The molecule has 0 bridgehead atoms. The second-order valence-electron chi connectivity index (χ2n) is 5.66. The van der Waals surface area contributed by atoms with Gasteiger partial charge in [0.05, 0.1) is 22.4 Å². The molecule has 0 aliphatic heterocycles. The highest BCUT2D eigenvalue weighted by atomic mass is 79.9. The highest BCUT2D eigenvalue weighted by Gasteiger charge is 2.63. The number of halogens is 3. The van der Waals surface area contributed by atoms with Crippen molar-refractivity contribution in [2.75, 3.05) is 7.11 Å². The molecule has 0 heterocycles. The van der Waals surface area contributed by atoms with Crippen molar-refractivity contribution in [3.63, 3.8) is 0 Å². The van der Waals surface area contributed by atoms with Gasteiger partial charge in [-0.15, -0.1) is 11.8 Å². The van der Waals surface area contributed by atoms with Crippen LogP contribution < -0.4 is 4.74 Å². The molecule has 0 saturated heterocycles. The summed E-state index contributed by atoms with van der Waals surface area (Å²) >= 11 is 4.63. The summed E-state index contributed by atoms with van der Waals surface area (Å²) in [4.78, 5) is 0.750. The molecule has 1 aromatic carbocycles. The Morgan fingerprint density at radius 3 is 2.40 bits per heavy atom. The van der Waals surface area contributed by atoms with Crippen molar-refractivity contribution in [3.8, 4) is 5.75 Å². The summed E-state index contributed by atoms with van der Waals surface area (Å²) in [6, 6.07) is 5.43. The minimum Gasteiger partial charge on any atom is -0.496 e. The van der Waals surface area contributed by atoms with Gasteiger partial charge in [0, 0.05) is 17.3 Å². The van der Waals surface area contributed by atoms with Crippen molar-refractivity contribution >= 4 is 27.7 Å². The lowest BCUT2D eigenvalue weighted by Gasteiger charge is -2.53. The number of benzene rings is 1. The molecule has 2 nitrogen and oxygen atoms in total. The minimum atomic E-state index is -2.70. The third kappa shape index (κ3) is 2.97. The predicted molar refractivity (Wildman–Crippen MR) is 79.8 cm³/mol. The fourth-order valence-electron chi connectivity index (χ4n) is 2.35. The topological polar surface area (TPSA) is 29.5 Å². The van der Waals surface area contributed by atoms with E-state index in [2.05, 4.69) is 15.9 Å². The van der Waals surface area contributed by atoms with Gasteiger partial charge in [-0.25, -0.2) is 8.78 Å². The first-order valence-electron chi connectivity index (χ1n) is 6.21. The Labute approximate surface area is 130 Å². The molecule has 0 unspecified atom stereocenters. The summed E-state index contributed by atoms with van der Waals surface area (Å²) in [5.74, 6) is -2.08. The lowest BCUT2D eigenvalue weighted by atomic mass is 9.71. The van der Waals surface area contributed by atoms with Gasteiger partial charge < -0.3 is 9.84 Å². The summed E-state index contributed by atoms with van der Waals surface area (Å²) < 4.78 is 31.9. The molecule has 1 aliphatic carbocycles. The lowest BCUT2D eigenvalue weighted by Crippen LogP contribution is -2.61. The number of rotatable bonds is 4. The molecule has 20 heavy (non-hydrogen) atoms. The van der Waals surface area contributed by atoms with Gasteiger partial charge in [0.1, 0.15) is 5.75 Å². The molecule has 0 aromatic heterocycles. The molecule has 2 rings (SSSR count). The molecule has 112 valence electrons. The van der Waals surface area contributed by atoms with Crippen LogP contribution in [0.25, 0.3) is 0 Å². The van der Waals surface area contributed by atoms with Crippen LogP contribution in [0.3, 0.4) is 0 Å². The van der Waals surface area contributed by atoms with Crippen LogP contribution in [-0.2, 0) is 0 Å². The van der Waals surface area contributed by atoms with E-state index < -0.39 is 16.3 Å². The lowest BCUT2D eigenvalue weighted by molar-refractivity contribution is -0.146. The largest absolute Gasteiger partial charge is 0.496 e. The van der Waals surface area contributed by atoms with E-state index in [0.29, 0.717) is 5.75 Å². The summed E-state index contributed by atoms with van der Waals surface area (Å²) in [6.45, 7) is 3.17. The molecular weight excluding hydrogens is 350 g/mol. The van der Waals surface area contributed by atoms with Gasteiger partial charge in [-0.05, 0) is 32.0 Å². The highest BCUT2D eigenvalue weighted by Crippen LogP contribution is 2.61. The minimum absolute atomic E-state index is 0.330. The Balaban J connectivity index is 2.33. The van der Waals surface area contributed by atoms with E-state index in [1.54, 1.807) is 27.0 Å². The Morgan fingerprint density at radius 2 is 1.95 bits per heavy atom. The van der Waals surface area contributed by atoms with Crippen LogP contribution in [-0.4, -0.2) is 28.5 Å². The van der Waals surface area contributed by atoms with Gasteiger partial charge in [-0.1, -0.05) is 15.9 Å². The fourth-order valence-corrected chi connectivity index (χ4v) is 4.54. The number of methoxy groups -OCH3 is 1. The third-order valence-corrected chi connectivity index (χ3v) is 5.85. The van der Waals surface area contributed by atoms with Crippen molar-refractivity contribution in [2.45, 2.75) is 47.9 Å². The SMILES string of the molecule is COc1ccc(Br)cc1SC1(C(C)(C)O)CC(F)(F)C1. The molecule has 0 radical (unpaired) electrons. The van der Waals surface area contributed by atoms with Crippen LogP contribution in [0.5, 0.6) is 5.75 Å². The molecule has 1 saturated carbocycles. The number of alkyl halides is 2. The summed E-state index contributed by atoms with van der Waals surface area (Å²) in [5, 5.41) is 10.3. The van der Waals surface area contributed by atoms with Crippen LogP contribution in [0.4, 0.5) is 8.78 Å². The standard InChI is InChI=1S/C14H17BrF2O2S/c1-12(2,18)13(7-14(16,17)8-13)20-11-6-9(15)4-5-10(11)19-3/h4-6,18H,7-8H2,1-3H3. The average Bonchev–Trinajstić information content (AvgIpc) is 2.25. The number of aliphatic hydroxyl groups is 1. The molecule has 6 heteroatoms. The van der Waals surface area contributed by atoms with Gasteiger partial charge in [0.2, 0.25) is 0 Å². The Bertz CT molecular complexity index is 506. The van der Waals surface area contributed by atoms with E-state index in [4.69, 9.17) is 4.74 Å². The van der Waals surface area contributed by atoms with Crippen molar-refractivity contribution in [3.05, 3.63) is 22.7 Å². The third-order valence-electron chi connectivity index (χ3n) is 3.63. The van der Waals surface area contributed by atoms with E-state index in [-0.39, 0.29) is 12.8 Å². The maximum Gasteiger partial charge on any atom is 0.251 e. The smallest absolute Gasteiger partial charge is 0.251 e. The van der Waals surface area contributed by atoms with E-state index in [1.165, 1.54) is 11.8 Å². The van der Waals surface area contributed by atoms with Crippen LogP contribution in [0.2, 0.25) is 0 Å². The van der Waals surface area contributed by atoms with Gasteiger partial charge in [0.15, 0.2) is 0 Å². The maximum absolute atomic E-state index is 13.4. The van der Waals surface area contributed by atoms with Crippen molar-refractivity contribution in [1.82, 2.24) is 0 Å². The molecule has 0 atom stereocenters. The van der Waals surface area contributed by atoms with E-state index in [9.17, 15) is 13.9 Å². The Morgan fingerprint density at radius 1 is 1.35 bits per heavy atom. The van der Waals surface area contributed by atoms with Gasteiger partial charge in [-0.3, -0.25) is 0 Å². The van der Waals surface area contributed by atoms with Gasteiger partial charge in [-0.2, -0.15) is 0 Å². The van der Waals surface area contributed by atoms with Crippen molar-refractivity contribution in [1.29, 1.82) is 0 Å². The number of thioether (sulfide) groups is 1. The Kier molecular flexibility index (Phi) is 4.13. The van der Waals surface area contributed by atoms with Gasteiger partial charge >= 0.3 is 0 Å². The van der Waals surface area contributed by atoms with E-state index in [0.717, 1.165) is 9.37 Å². The van der Waals surface area contributed by atoms with Crippen LogP contribution >= 0.6 is 27.7 Å². The molecule has 0 spiro atoms. The summed E-state index contributed by atoms with van der Waals surface area (Å²) in [5.41, 5.74) is -1.20. The normalized spacial score (nSPS) is 20.4. The number of hydrogen-bond donors (Lipinski definition) is 1. The Hall–Kier alpha value is -0.330. The predicted octanol–water partition coefficient (Wildman–Crippen LogP) is 4.49. The van der Waals surface area contributed by atoms with Crippen LogP contribution in [0.15, 0.2) is 27.6 Å². The van der Waals surface area contributed by atoms with Crippen molar-refractivity contribution < 1.29 is 18.6 Å². The van der Waals surface area contributed by atoms with E-state index in [1.807, 2.05) is 12.1 Å². The molecule has 1 N–H and O–H groups in total. The maximum atomic E-state index is 13.4. The zero-order valence-electron chi connectivity index (χ0n) is 11.5. The quantitative estimate of drug-likeness (QED) is 0.851. The first kappa shape index (κ1) is 16.0. The second kappa shape index (κ2) is 5.14. The molecule has 0 amide bonds. The van der Waals surface area contributed by atoms with Crippen LogP contribution in [0, 0.1) is 0 Å². The molecular formula is C14H17BrF2O2S. The van der Waals surface area contributed by atoms with Crippen LogP contribution in [0.1, 0.15) is 26.7 Å². The zero-order chi connectivity index (χ0) is 15.2. The first-order chi connectivity index (χ1) is 9.09. The average molecular weight is 367 g/mol. The monoisotopic (exact) mass is 366 g/mol. The van der Waals surface area contributed by atoms with Crippen molar-refractivity contribution in [2.24, 2.45) is 0 Å². The van der Waals surface area contributed by atoms with Gasteiger partial charge in [0.25, 0.3) is 5.92 Å².